The van der Waals surface area contributed by atoms with Crippen molar-refractivity contribution in [3.8, 4) is 0 Å². The summed E-state index contributed by atoms with van der Waals surface area (Å²) in [6, 6.07) is 4.01. The Morgan fingerprint density at radius 3 is 2.48 bits per heavy atom. The number of hydrogen-bond acceptors (Lipinski definition) is 2. The SMILES string of the molecule is CC1=C[C@@]2(C)Cc3cc(C)cc(C)c3S(=O)(=O)[C@@H]2C(C)=C1. The van der Waals surface area contributed by atoms with E-state index >= 15 is 0 Å². The highest BCUT2D eigenvalue weighted by Crippen LogP contribution is 2.49. The molecule has 1 aromatic rings. The molecule has 21 heavy (non-hydrogen) atoms. The minimum atomic E-state index is -3.33. The number of aryl methyl sites for hydroxylation is 2. The molecule has 0 aromatic heterocycles. The molecule has 0 radical (unpaired) electrons. The Morgan fingerprint density at radius 1 is 1.14 bits per heavy atom. The van der Waals surface area contributed by atoms with Crippen molar-refractivity contribution in [2.24, 2.45) is 5.41 Å². The van der Waals surface area contributed by atoms with E-state index in [1.54, 1.807) is 0 Å². The zero-order valence-electron chi connectivity index (χ0n) is 13.3. The van der Waals surface area contributed by atoms with E-state index in [-0.39, 0.29) is 5.41 Å². The first-order chi connectivity index (χ1) is 9.65. The van der Waals surface area contributed by atoms with Crippen LogP contribution in [0.25, 0.3) is 0 Å². The quantitative estimate of drug-likeness (QED) is 0.728. The number of benzene rings is 1. The van der Waals surface area contributed by atoms with Crippen molar-refractivity contribution in [2.45, 2.75) is 51.2 Å². The Hall–Kier alpha value is -1.35. The van der Waals surface area contributed by atoms with Crippen molar-refractivity contribution in [1.82, 2.24) is 0 Å². The first-order valence-corrected chi connectivity index (χ1v) is 8.91. The topological polar surface area (TPSA) is 34.1 Å². The number of rotatable bonds is 0. The summed E-state index contributed by atoms with van der Waals surface area (Å²) in [5, 5.41) is -0.428. The van der Waals surface area contributed by atoms with Gasteiger partial charge in [0.1, 0.15) is 0 Å². The highest BCUT2D eigenvalue weighted by atomic mass is 32.2. The normalized spacial score (nSPS) is 30.0. The molecule has 3 heteroatoms. The molecule has 2 aliphatic rings. The predicted octanol–water partition coefficient (Wildman–Crippen LogP) is 3.91. The second-order valence-corrected chi connectivity index (χ2v) is 8.92. The van der Waals surface area contributed by atoms with Gasteiger partial charge in [0.25, 0.3) is 0 Å². The van der Waals surface area contributed by atoms with Gasteiger partial charge in [0.2, 0.25) is 0 Å². The molecule has 0 spiro atoms. The lowest BCUT2D eigenvalue weighted by Gasteiger charge is -2.43. The van der Waals surface area contributed by atoms with Crippen molar-refractivity contribution >= 4 is 9.84 Å². The second-order valence-electron chi connectivity index (χ2n) is 6.95. The summed E-state index contributed by atoms with van der Waals surface area (Å²) < 4.78 is 26.4. The Kier molecular flexibility index (Phi) is 3.00. The highest BCUT2D eigenvalue weighted by molar-refractivity contribution is 7.92. The number of allylic oxidation sites excluding steroid dienone is 3. The lowest BCUT2D eigenvalue weighted by molar-refractivity contribution is 0.391. The molecule has 0 unspecified atom stereocenters. The zero-order chi connectivity index (χ0) is 15.6. The van der Waals surface area contributed by atoms with Gasteiger partial charge >= 0.3 is 0 Å². The molecule has 3 rings (SSSR count). The largest absolute Gasteiger partial charge is 0.223 e. The van der Waals surface area contributed by atoms with Crippen LogP contribution in [0.2, 0.25) is 0 Å². The van der Waals surface area contributed by atoms with E-state index in [0.717, 1.165) is 34.3 Å². The van der Waals surface area contributed by atoms with Crippen LogP contribution in [0, 0.1) is 19.3 Å². The fourth-order valence-corrected chi connectivity index (χ4v) is 7.10. The van der Waals surface area contributed by atoms with E-state index in [9.17, 15) is 8.42 Å². The number of hydrogen-bond donors (Lipinski definition) is 0. The van der Waals surface area contributed by atoms with Gasteiger partial charge in [-0.3, -0.25) is 0 Å². The molecule has 0 bridgehead atoms. The van der Waals surface area contributed by atoms with Gasteiger partial charge in [0.15, 0.2) is 9.84 Å². The van der Waals surface area contributed by atoms with Crippen molar-refractivity contribution in [1.29, 1.82) is 0 Å². The minimum Gasteiger partial charge on any atom is -0.223 e. The van der Waals surface area contributed by atoms with Crippen LogP contribution in [-0.4, -0.2) is 13.7 Å². The molecular weight excluding hydrogens is 280 g/mol. The average molecular weight is 302 g/mol. The summed E-state index contributed by atoms with van der Waals surface area (Å²) in [5.74, 6) is 0. The average Bonchev–Trinajstić information content (AvgIpc) is 2.22. The Balaban J connectivity index is 2.35. The summed E-state index contributed by atoms with van der Waals surface area (Å²) in [4.78, 5) is 0.566. The zero-order valence-corrected chi connectivity index (χ0v) is 14.1. The van der Waals surface area contributed by atoms with Gasteiger partial charge in [-0.15, -0.1) is 0 Å². The van der Waals surface area contributed by atoms with Gasteiger partial charge in [-0.1, -0.05) is 47.9 Å². The lowest BCUT2D eigenvalue weighted by atomic mass is 9.73. The molecule has 0 saturated heterocycles. The maximum atomic E-state index is 13.2. The van der Waals surface area contributed by atoms with Crippen LogP contribution >= 0.6 is 0 Å². The monoisotopic (exact) mass is 302 g/mol. The summed E-state index contributed by atoms with van der Waals surface area (Å²) in [6.07, 6.45) is 4.94. The van der Waals surface area contributed by atoms with Crippen molar-refractivity contribution in [2.75, 3.05) is 0 Å². The van der Waals surface area contributed by atoms with Crippen LogP contribution in [0.1, 0.15) is 37.5 Å². The summed E-state index contributed by atoms with van der Waals surface area (Å²) in [7, 11) is -3.33. The summed E-state index contributed by atoms with van der Waals surface area (Å²) in [5.41, 5.74) is 4.77. The fourth-order valence-electron chi connectivity index (χ4n) is 4.44. The Labute approximate surface area is 127 Å². The molecule has 0 saturated carbocycles. The van der Waals surface area contributed by atoms with Gasteiger partial charge in [0, 0.05) is 5.41 Å². The number of fused-ring (bicyclic) bond motifs is 2. The Morgan fingerprint density at radius 2 is 1.81 bits per heavy atom. The minimum absolute atomic E-state index is 0.338. The first kappa shape index (κ1) is 14.6. The summed E-state index contributed by atoms with van der Waals surface area (Å²) >= 11 is 0. The van der Waals surface area contributed by atoms with Gasteiger partial charge in [-0.2, -0.15) is 0 Å². The third-order valence-corrected chi connectivity index (χ3v) is 7.37. The smallest absolute Gasteiger partial charge is 0.186 e. The first-order valence-electron chi connectivity index (χ1n) is 7.37. The van der Waals surface area contributed by atoms with E-state index in [2.05, 4.69) is 19.9 Å². The van der Waals surface area contributed by atoms with Gasteiger partial charge < -0.3 is 0 Å². The lowest BCUT2D eigenvalue weighted by Crippen LogP contribution is -2.45. The molecule has 0 amide bonds. The third-order valence-electron chi connectivity index (χ3n) is 4.69. The maximum Gasteiger partial charge on any atom is 0.186 e. The molecule has 1 aliphatic carbocycles. The van der Waals surface area contributed by atoms with Crippen LogP contribution < -0.4 is 0 Å². The molecule has 0 fully saturated rings. The van der Waals surface area contributed by atoms with Crippen LogP contribution in [-0.2, 0) is 16.3 Å². The molecule has 1 heterocycles. The maximum absolute atomic E-state index is 13.2. The molecule has 1 aromatic carbocycles. The van der Waals surface area contributed by atoms with Crippen molar-refractivity contribution in [3.63, 3.8) is 0 Å². The van der Waals surface area contributed by atoms with Crippen LogP contribution in [0.4, 0.5) is 0 Å². The molecule has 1 aliphatic heterocycles. The van der Waals surface area contributed by atoms with E-state index < -0.39 is 15.1 Å². The standard InChI is InChI=1S/C18H22O2S/c1-11-6-13(3)16-15(8-11)10-18(5)9-12(2)7-14(4)17(18)21(16,19)20/h6-9,17H,10H2,1-5H3/t17-,18+/m1/s1. The molecule has 2 atom stereocenters. The second kappa shape index (κ2) is 4.33. The third kappa shape index (κ3) is 2.02. The summed E-state index contributed by atoms with van der Waals surface area (Å²) in [6.45, 7) is 10.0. The van der Waals surface area contributed by atoms with Crippen LogP contribution in [0.3, 0.4) is 0 Å². The van der Waals surface area contributed by atoms with Crippen molar-refractivity contribution in [3.05, 3.63) is 52.1 Å². The molecule has 2 nitrogen and oxygen atoms in total. The van der Waals surface area contributed by atoms with E-state index in [4.69, 9.17) is 0 Å². The van der Waals surface area contributed by atoms with Crippen LogP contribution in [0.15, 0.2) is 40.3 Å². The van der Waals surface area contributed by atoms with Gasteiger partial charge in [-0.25, -0.2) is 8.42 Å². The highest BCUT2D eigenvalue weighted by Gasteiger charge is 2.49. The number of sulfone groups is 1. The predicted molar refractivity (Wildman–Crippen MR) is 86.2 cm³/mol. The van der Waals surface area contributed by atoms with Gasteiger partial charge in [-0.05, 0) is 45.2 Å². The van der Waals surface area contributed by atoms with E-state index in [0.29, 0.717) is 4.90 Å². The fraction of sp³-hybridized carbons (Fsp3) is 0.444. The van der Waals surface area contributed by atoms with Crippen molar-refractivity contribution < 1.29 is 8.42 Å². The van der Waals surface area contributed by atoms with Crippen LogP contribution in [0.5, 0.6) is 0 Å². The van der Waals surface area contributed by atoms with E-state index in [1.807, 2.05) is 39.0 Å². The van der Waals surface area contributed by atoms with E-state index in [1.165, 1.54) is 0 Å². The molecular formula is C18H22O2S. The Bertz CT molecular complexity index is 797. The van der Waals surface area contributed by atoms with Gasteiger partial charge in [0.05, 0.1) is 10.1 Å². The molecule has 112 valence electrons. The molecule has 0 N–H and O–H groups in total.